The first-order valence-corrected chi connectivity index (χ1v) is 5.27. The lowest BCUT2D eigenvalue weighted by molar-refractivity contribution is -0.144. The molecule has 3 atom stereocenters. The van der Waals surface area contributed by atoms with Crippen LogP contribution in [0.1, 0.15) is 26.7 Å². The molecule has 0 spiro atoms. The topological polar surface area (TPSA) is 66.6 Å². The summed E-state index contributed by atoms with van der Waals surface area (Å²) in [6.07, 6.45) is 1.65. The minimum atomic E-state index is -0.728. The monoisotopic (exact) mass is 200 g/mol. The molecule has 0 bridgehead atoms. The number of likely N-dealkylation sites (tertiary alicyclic amines) is 1. The molecule has 0 amide bonds. The van der Waals surface area contributed by atoms with Gasteiger partial charge in [0.15, 0.2) is 0 Å². The van der Waals surface area contributed by atoms with Gasteiger partial charge < -0.3 is 10.8 Å². The molecule has 0 aliphatic carbocycles. The molecule has 0 aromatic heterocycles. The molecule has 1 rings (SSSR count). The molecular formula is C10H20N2O2. The van der Waals surface area contributed by atoms with Crippen LogP contribution < -0.4 is 5.73 Å². The van der Waals surface area contributed by atoms with E-state index in [1.165, 1.54) is 0 Å². The van der Waals surface area contributed by atoms with Crippen LogP contribution in [-0.2, 0) is 4.79 Å². The minimum absolute atomic E-state index is 0.132. The van der Waals surface area contributed by atoms with E-state index in [2.05, 4.69) is 6.92 Å². The van der Waals surface area contributed by atoms with E-state index in [0.29, 0.717) is 12.3 Å². The molecule has 4 nitrogen and oxygen atoms in total. The quantitative estimate of drug-likeness (QED) is 0.697. The SMILES string of the molecule is CCC(C(=O)O)N1CC(C)CC(N)C1. The fourth-order valence-corrected chi connectivity index (χ4v) is 2.29. The Morgan fingerprint density at radius 2 is 2.29 bits per heavy atom. The highest BCUT2D eigenvalue weighted by Crippen LogP contribution is 2.18. The van der Waals surface area contributed by atoms with Crippen LogP contribution in [0.2, 0.25) is 0 Å². The first-order chi connectivity index (χ1) is 6.54. The van der Waals surface area contributed by atoms with E-state index in [1.54, 1.807) is 0 Å². The second-order valence-electron chi connectivity index (χ2n) is 4.32. The number of carboxylic acids is 1. The van der Waals surface area contributed by atoms with Gasteiger partial charge in [0.2, 0.25) is 0 Å². The Balaban J connectivity index is 2.61. The standard InChI is InChI=1S/C10H20N2O2/c1-3-9(10(13)14)12-5-7(2)4-8(11)6-12/h7-9H,3-6,11H2,1-2H3,(H,13,14). The number of carbonyl (C=O) groups is 1. The van der Waals surface area contributed by atoms with Gasteiger partial charge in [-0.3, -0.25) is 9.69 Å². The number of nitrogens with two attached hydrogens (primary N) is 1. The van der Waals surface area contributed by atoms with Crippen LogP contribution in [0.25, 0.3) is 0 Å². The highest BCUT2D eigenvalue weighted by molar-refractivity contribution is 5.73. The minimum Gasteiger partial charge on any atom is -0.480 e. The first-order valence-electron chi connectivity index (χ1n) is 5.27. The van der Waals surface area contributed by atoms with E-state index in [-0.39, 0.29) is 12.1 Å². The molecule has 1 heterocycles. The van der Waals surface area contributed by atoms with Gasteiger partial charge in [0.05, 0.1) is 0 Å². The second-order valence-corrected chi connectivity index (χ2v) is 4.32. The molecule has 1 saturated heterocycles. The van der Waals surface area contributed by atoms with Gasteiger partial charge in [0.25, 0.3) is 0 Å². The van der Waals surface area contributed by atoms with Crippen LogP contribution in [-0.4, -0.2) is 41.1 Å². The molecule has 3 unspecified atom stereocenters. The number of piperidine rings is 1. The summed E-state index contributed by atoms with van der Waals surface area (Å²) in [7, 11) is 0. The Hall–Kier alpha value is -0.610. The molecule has 0 radical (unpaired) electrons. The molecule has 4 heteroatoms. The predicted molar refractivity (Wildman–Crippen MR) is 55.0 cm³/mol. The number of carboxylic acid groups (broad SMARTS) is 1. The van der Waals surface area contributed by atoms with Crippen LogP contribution >= 0.6 is 0 Å². The molecule has 1 aliphatic heterocycles. The lowest BCUT2D eigenvalue weighted by Gasteiger charge is -2.37. The Labute approximate surface area is 85.1 Å². The second kappa shape index (κ2) is 4.75. The summed E-state index contributed by atoms with van der Waals surface area (Å²) in [4.78, 5) is 13.0. The number of aliphatic carboxylic acids is 1. The normalized spacial score (nSPS) is 31.4. The fraction of sp³-hybridized carbons (Fsp3) is 0.900. The van der Waals surface area contributed by atoms with Crippen molar-refractivity contribution < 1.29 is 9.90 Å². The molecule has 14 heavy (non-hydrogen) atoms. The highest BCUT2D eigenvalue weighted by atomic mass is 16.4. The van der Waals surface area contributed by atoms with Gasteiger partial charge in [-0.1, -0.05) is 13.8 Å². The first kappa shape index (κ1) is 11.5. The third-order valence-corrected chi connectivity index (χ3v) is 2.83. The van der Waals surface area contributed by atoms with Crippen LogP contribution in [0, 0.1) is 5.92 Å². The lowest BCUT2D eigenvalue weighted by atomic mass is 9.95. The van der Waals surface area contributed by atoms with Gasteiger partial charge in [-0.25, -0.2) is 0 Å². The van der Waals surface area contributed by atoms with Crippen LogP contribution in [0.3, 0.4) is 0 Å². The van der Waals surface area contributed by atoms with Gasteiger partial charge in [-0.05, 0) is 18.8 Å². The van der Waals surface area contributed by atoms with Crippen LogP contribution in [0.5, 0.6) is 0 Å². The van der Waals surface area contributed by atoms with Crippen molar-refractivity contribution in [1.29, 1.82) is 0 Å². The average Bonchev–Trinajstić information content (AvgIpc) is 2.02. The Bertz CT molecular complexity index is 198. The largest absolute Gasteiger partial charge is 0.480 e. The predicted octanol–water partition coefficient (Wildman–Crippen LogP) is 0.519. The van der Waals surface area contributed by atoms with Crippen molar-refractivity contribution in [2.45, 2.75) is 38.8 Å². The van der Waals surface area contributed by atoms with Crippen molar-refractivity contribution in [2.75, 3.05) is 13.1 Å². The summed E-state index contributed by atoms with van der Waals surface area (Å²) in [5.74, 6) is -0.221. The maximum absolute atomic E-state index is 11.0. The van der Waals surface area contributed by atoms with Crippen LogP contribution in [0.15, 0.2) is 0 Å². The van der Waals surface area contributed by atoms with Crippen molar-refractivity contribution in [3.8, 4) is 0 Å². The van der Waals surface area contributed by atoms with E-state index >= 15 is 0 Å². The van der Waals surface area contributed by atoms with Gasteiger partial charge >= 0.3 is 5.97 Å². The molecule has 1 aliphatic rings. The summed E-state index contributed by atoms with van der Waals surface area (Å²) in [5.41, 5.74) is 5.87. The Morgan fingerprint density at radius 3 is 2.71 bits per heavy atom. The summed E-state index contributed by atoms with van der Waals surface area (Å²) in [6.45, 7) is 5.61. The molecular weight excluding hydrogens is 180 g/mol. The van der Waals surface area contributed by atoms with Crippen molar-refractivity contribution in [2.24, 2.45) is 11.7 Å². The third-order valence-electron chi connectivity index (χ3n) is 2.83. The zero-order valence-electron chi connectivity index (χ0n) is 8.94. The average molecular weight is 200 g/mol. The molecule has 82 valence electrons. The Morgan fingerprint density at radius 1 is 1.64 bits per heavy atom. The maximum atomic E-state index is 11.0. The molecule has 0 saturated carbocycles. The molecule has 1 fully saturated rings. The summed E-state index contributed by atoms with van der Waals surface area (Å²) >= 11 is 0. The van der Waals surface area contributed by atoms with Crippen LogP contribution in [0.4, 0.5) is 0 Å². The number of hydrogen-bond acceptors (Lipinski definition) is 3. The van der Waals surface area contributed by atoms with Gasteiger partial charge in [-0.2, -0.15) is 0 Å². The lowest BCUT2D eigenvalue weighted by Crippen LogP contribution is -2.52. The molecule has 0 aromatic rings. The third kappa shape index (κ3) is 2.69. The van der Waals surface area contributed by atoms with Crippen molar-refractivity contribution in [1.82, 2.24) is 4.90 Å². The Kier molecular flexibility index (Phi) is 3.89. The van der Waals surface area contributed by atoms with E-state index in [4.69, 9.17) is 10.8 Å². The van der Waals surface area contributed by atoms with Gasteiger partial charge in [0.1, 0.15) is 6.04 Å². The zero-order chi connectivity index (χ0) is 10.7. The number of rotatable bonds is 3. The van der Waals surface area contributed by atoms with Gasteiger partial charge in [-0.15, -0.1) is 0 Å². The summed E-state index contributed by atoms with van der Waals surface area (Å²) < 4.78 is 0. The van der Waals surface area contributed by atoms with Crippen molar-refractivity contribution >= 4 is 5.97 Å². The smallest absolute Gasteiger partial charge is 0.320 e. The highest BCUT2D eigenvalue weighted by Gasteiger charge is 2.30. The van der Waals surface area contributed by atoms with E-state index in [9.17, 15) is 4.79 Å². The van der Waals surface area contributed by atoms with E-state index in [1.807, 2.05) is 11.8 Å². The van der Waals surface area contributed by atoms with Gasteiger partial charge in [0, 0.05) is 19.1 Å². The number of hydrogen-bond donors (Lipinski definition) is 2. The van der Waals surface area contributed by atoms with Crippen molar-refractivity contribution in [3.63, 3.8) is 0 Å². The molecule has 3 N–H and O–H groups in total. The maximum Gasteiger partial charge on any atom is 0.320 e. The molecule has 0 aromatic carbocycles. The fourth-order valence-electron chi connectivity index (χ4n) is 2.29. The summed E-state index contributed by atoms with van der Waals surface area (Å²) in [6, 6.07) is -0.226. The zero-order valence-corrected chi connectivity index (χ0v) is 8.94. The van der Waals surface area contributed by atoms with Crippen molar-refractivity contribution in [3.05, 3.63) is 0 Å². The van der Waals surface area contributed by atoms with E-state index < -0.39 is 5.97 Å². The number of nitrogens with zero attached hydrogens (tertiary/aromatic N) is 1. The van der Waals surface area contributed by atoms with E-state index in [0.717, 1.165) is 19.5 Å². The summed E-state index contributed by atoms with van der Waals surface area (Å²) in [5, 5.41) is 9.02.